The Morgan fingerprint density at radius 1 is 1.30 bits per heavy atom. The highest BCUT2D eigenvalue weighted by Gasteiger charge is 2.18. The summed E-state index contributed by atoms with van der Waals surface area (Å²) >= 11 is 0. The molecular formula is C16H19NO3. The van der Waals surface area contributed by atoms with Gasteiger partial charge in [-0.25, -0.2) is 0 Å². The Kier molecular flexibility index (Phi) is 4.45. The van der Waals surface area contributed by atoms with Crippen LogP contribution >= 0.6 is 0 Å². The largest absolute Gasteiger partial charge is 0.481 e. The number of aliphatic carboxylic acids is 1. The number of anilines is 1. The number of rotatable bonds is 6. The summed E-state index contributed by atoms with van der Waals surface area (Å²) in [6, 6.07) is 10.1. The molecule has 4 nitrogen and oxygen atoms in total. The summed E-state index contributed by atoms with van der Waals surface area (Å²) in [4.78, 5) is 12.9. The molecule has 1 aromatic carbocycles. The maximum absolute atomic E-state index is 10.9. The molecule has 1 aromatic heterocycles. The van der Waals surface area contributed by atoms with E-state index < -0.39 is 5.97 Å². The average Bonchev–Trinajstić information content (AvgIpc) is 2.94. The first-order chi connectivity index (χ1) is 9.58. The molecule has 0 amide bonds. The summed E-state index contributed by atoms with van der Waals surface area (Å²) in [5, 5.41) is 8.92. The van der Waals surface area contributed by atoms with Crippen molar-refractivity contribution in [2.45, 2.75) is 26.3 Å². The van der Waals surface area contributed by atoms with Crippen molar-refractivity contribution in [3.63, 3.8) is 0 Å². The summed E-state index contributed by atoms with van der Waals surface area (Å²) in [5.41, 5.74) is 3.24. The van der Waals surface area contributed by atoms with Gasteiger partial charge in [-0.2, -0.15) is 0 Å². The van der Waals surface area contributed by atoms with Gasteiger partial charge in [0.2, 0.25) is 0 Å². The number of hydrogen-bond donors (Lipinski definition) is 1. The smallest absolute Gasteiger partial charge is 0.305 e. The Morgan fingerprint density at radius 3 is 2.55 bits per heavy atom. The third-order valence-electron chi connectivity index (χ3n) is 3.43. The van der Waals surface area contributed by atoms with Crippen molar-refractivity contribution in [1.82, 2.24) is 0 Å². The number of carboxylic acids is 1. The molecule has 0 fully saturated rings. The van der Waals surface area contributed by atoms with Gasteiger partial charge in [0, 0.05) is 17.8 Å². The quantitative estimate of drug-likeness (QED) is 0.873. The second-order valence-corrected chi connectivity index (χ2v) is 4.91. The Balaban J connectivity index is 2.24. The van der Waals surface area contributed by atoms with Crippen LogP contribution in [-0.4, -0.2) is 17.6 Å². The van der Waals surface area contributed by atoms with Gasteiger partial charge in [0.1, 0.15) is 0 Å². The fraction of sp³-hybridized carbons (Fsp3) is 0.312. The molecule has 0 saturated heterocycles. The molecule has 106 valence electrons. The highest BCUT2D eigenvalue weighted by atomic mass is 16.4. The molecule has 20 heavy (non-hydrogen) atoms. The van der Waals surface area contributed by atoms with Crippen LogP contribution in [-0.2, 0) is 4.79 Å². The maximum atomic E-state index is 10.9. The zero-order valence-corrected chi connectivity index (χ0v) is 11.7. The molecule has 0 bridgehead atoms. The Hall–Kier alpha value is -2.23. The van der Waals surface area contributed by atoms with Crippen molar-refractivity contribution >= 4 is 11.7 Å². The number of hydrogen-bond acceptors (Lipinski definition) is 3. The lowest BCUT2D eigenvalue weighted by atomic mass is 10.1. The van der Waals surface area contributed by atoms with E-state index in [1.54, 1.807) is 12.5 Å². The van der Waals surface area contributed by atoms with Crippen LogP contribution in [0.25, 0.3) is 0 Å². The lowest BCUT2D eigenvalue weighted by Gasteiger charge is -2.30. The SMILES string of the molecule is Cc1ccc(N(CCC(=O)O)C(C)c2ccoc2)cc1. The number of carboxylic acid groups (broad SMARTS) is 1. The van der Waals surface area contributed by atoms with Crippen LogP contribution in [0.1, 0.15) is 30.5 Å². The molecule has 1 heterocycles. The fourth-order valence-electron chi connectivity index (χ4n) is 2.19. The molecule has 0 aliphatic rings. The third kappa shape index (κ3) is 3.41. The minimum absolute atomic E-state index is 0.0656. The van der Waals surface area contributed by atoms with Gasteiger partial charge in [-0.05, 0) is 32.0 Å². The van der Waals surface area contributed by atoms with E-state index in [4.69, 9.17) is 9.52 Å². The van der Waals surface area contributed by atoms with Crippen molar-refractivity contribution < 1.29 is 14.3 Å². The molecule has 1 atom stereocenters. The van der Waals surface area contributed by atoms with Crippen molar-refractivity contribution in [2.24, 2.45) is 0 Å². The molecule has 0 radical (unpaired) electrons. The van der Waals surface area contributed by atoms with Crippen molar-refractivity contribution in [2.75, 3.05) is 11.4 Å². The molecule has 0 saturated carbocycles. The van der Waals surface area contributed by atoms with Gasteiger partial charge in [-0.1, -0.05) is 17.7 Å². The first-order valence-electron chi connectivity index (χ1n) is 6.65. The normalized spacial score (nSPS) is 12.1. The summed E-state index contributed by atoms with van der Waals surface area (Å²) in [6.07, 6.45) is 3.44. The summed E-state index contributed by atoms with van der Waals surface area (Å²) in [5.74, 6) is -0.790. The van der Waals surface area contributed by atoms with Crippen LogP contribution in [0.5, 0.6) is 0 Å². The van der Waals surface area contributed by atoms with Crippen LogP contribution in [0.4, 0.5) is 5.69 Å². The molecule has 1 N–H and O–H groups in total. The minimum atomic E-state index is -0.790. The first-order valence-corrected chi connectivity index (χ1v) is 6.65. The molecular weight excluding hydrogens is 254 g/mol. The predicted molar refractivity (Wildman–Crippen MR) is 77.9 cm³/mol. The number of furan rings is 1. The van der Waals surface area contributed by atoms with E-state index in [9.17, 15) is 4.79 Å². The molecule has 2 rings (SSSR count). The average molecular weight is 273 g/mol. The van der Waals surface area contributed by atoms with Gasteiger partial charge in [0.25, 0.3) is 0 Å². The van der Waals surface area contributed by atoms with E-state index in [1.165, 1.54) is 5.56 Å². The highest BCUT2D eigenvalue weighted by Crippen LogP contribution is 2.27. The molecule has 0 aliphatic carbocycles. The van der Waals surface area contributed by atoms with Crippen LogP contribution < -0.4 is 4.90 Å². The van der Waals surface area contributed by atoms with Crippen molar-refractivity contribution in [1.29, 1.82) is 0 Å². The topological polar surface area (TPSA) is 53.7 Å². The summed E-state index contributed by atoms with van der Waals surface area (Å²) in [6.45, 7) is 4.54. The molecule has 2 aromatic rings. The van der Waals surface area contributed by atoms with E-state index in [1.807, 2.05) is 44.2 Å². The molecule has 0 aliphatic heterocycles. The number of carbonyl (C=O) groups is 1. The van der Waals surface area contributed by atoms with E-state index in [2.05, 4.69) is 4.90 Å². The van der Waals surface area contributed by atoms with E-state index in [0.717, 1.165) is 11.3 Å². The van der Waals surface area contributed by atoms with Crippen LogP contribution in [0, 0.1) is 6.92 Å². The lowest BCUT2D eigenvalue weighted by Crippen LogP contribution is -2.29. The molecule has 1 unspecified atom stereocenters. The number of nitrogens with zero attached hydrogens (tertiary/aromatic N) is 1. The summed E-state index contributed by atoms with van der Waals surface area (Å²) < 4.78 is 5.12. The zero-order chi connectivity index (χ0) is 14.5. The van der Waals surface area contributed by atoms with Crippen LogP contribution in [0.2, 0.25) is 0 Å². The van der Waals surface area contributed by atoms with Crippen molar-refractivity contribution in [3.8, 4) is 0 Å². The lowest BCUT2D eigenvalue weighted by molar-refractivity contribution is -0.136. The third-order valence-corrected chi connectivity index (χ3v) is 3.43. The van der Waals surface area contributed by atoms with E-state index in [-0.39, 0.29) is 12.5 Å². The highest BCUT2D eigenvalue weighted by molar-refractivity contribution is 5.67. The number of aryl methyl sites for hydroxylation is 1. The fourth-order valence-corrected chi connectivity index (χ4v) is 2.19. The van der Waals surface area contributed by atoms with Crippen molar-refractivity contribution in [3.05, 3.63) is 54.0 Å². The Labute approximate surface area is 118 Å². The predicted octanol–water partition coefficient (Wildman–Crippen LogP) is 3.63. The van der Waals surface area contributed by atoms with Gasteiger partial charge in [0.15, 0.2) is 0 Å². The first kappa shape index (κ1) is 14.2. The minimum Gasteiger partial charge on any atom is -0.481 e. The molecule has 4 heteroatoms. The van der Waals surface area contributed by atoms with Gasteiger partial charge >= 0.3 is 5.97 Å². The maximum Gasteiger partial charge on any atom is 0.305 e. The second-order valence-electron chi connectivity index (χ2n) is 4.91. The van der Waals surface area contributed by atoms with E-state index >= 15 is 0 Å². The Bertz CT molecular complexity index is 546. The second kappa shape index (κ2) is 6.28. The standard InChI is InChI=1S/C16H19NO3/c1-12-3-5-15(6-4-12)17(9-7-16(18)19)13(2)14-8-10-20-11-14/h3-6,8,10-11,13H,7,9H2,1-2H3,(H,18,19). The van der Waals surface area contributed by atoms with Crippen LogP contribution in [0.3, 0.4) is 0 Å². The van der Waals surface area contributed by atoms with E-state index in [0.29, 0.717) is 6.54 Å². The number of benzene rings is 1. The van der Waals surface area contributed by atoms with Gasteiger partial charge in [0.05, 0.1) is 25.0 Å². The van der Waals surface area contributed by atoms with Crippen LogP contribution in [0.15, 0.2) is 47.3 Å². The molecule has 0 spiro atoms. The zero-order valence-electron chi connectivity index (χ0n) is 11.7. The van der Waals surface area contributed by atoms with Gasteiger partial charge in [-0.15, -0.1) is 0 Å². The monoisotopic (exact) mass is 273 g/mol. The Morgan fingerprint density at radius 2 is 2.00 bits per heavy atom. The van der Waals surface area contributed by atoms with Gasteiger partial charge < -0.3 is 14.4 Å². The summed E-state index contributed by atoms with van der Waals surface area (Å²) in [7, 11) is 0. The van der Waals surface area contributed by atoms with Gasteiger partial charge in [-0.3, -0.25) is 4.79 Å².